The summed E-state index contributed by atoms with van der Waals surface area (Å²) in [6.45, 7) is 1.25. The first-order valence-corrected chi connectivity index (χ1v) is 8.17. The molecule has 0 aliphatic rings. The number of hydrogen-bond donors (Lipinski definition) is 1. The lowest BCUT2D eigenvalue weighted by Crippen LogP contribution is -2.25. The van der Waals surface area contributed by atoms with Crippen LogP contribution in [0.25, 0.3) is 0 Å². The summed E-state index contributed by atoms with van der Waals surface area (Å²) in [6.07, 6.45) is 4.20. The molecular formula is C19H18ClN3O. The summed E-state index contributed by atoms with van der Waals surface area (Å²) in [6, 6.07) is 17.6. The van der Waals surface area contributed by atoms with E-state index >= 15 is 0 Å². The van der Waals surface area contributed by atoms with E-state index in [1.54, 1.807) is 17.1 Å². The topological polar surface area (TPSA) is 46.9 Å². The molecule has 0 unspecified atom stereocenters. The Morgan fingerprint density at radius 3 is 2.46 bits per heavy atom. The Kier molecular flexibility index (Phi) is 5.29. The van der Waals surface area contributed by atoms with Crippen LogP contribution in [-0.4, -0.2) is 22.2 Å². The molecule has 0 radical (unpaired) electrons. The van der Waals surface area contributed by atoms with Crippen molar-refractivity contribution < 1.29 is 4.79 Å². The molecule has 0 saturated heterocycles. The van der Waals surface area contributed by atoms with Crippen LogP contribution >= 0.6 is 11.6 Å². The summed E-state index contributed by atoms with van der Waals surface area (Å²) >= 11 is 5.85. The standard InChI is InChI=1S/C19H18ClN3O/c20-18-12-22-23(14-18)13-16-6-8-17(9-7-16)19(24)21-11-10-15-4-2-1-3-5-15/h1-9,12,14H,10-11,13H2,(H,21,24). The van der Waals surface area contributed by atoms with Gasteiger partial charge >= 0.3 is 0 Å². The minimum atomic E-state index is -0.0559. The maximum absolute atomic E-state index is 12.2. The third-order valence-electron chi connectivity index (χ3n) is 3.70. The minimum Gasteiger partial charge on any atom is -0.352 e. The first-order valence-electron chi connectivity index (χ1n) is 7.80. The zero-order chi connectivity index (χ0) is 16.8. The fraction of sp³-hybridized carbons (Fsp3) is 0.158. The zero-order valence-electron chi connectivity index (χ0n) is 13.2. The molecule has 0 bridgehead atoms. The van der Waals surface area contributed by atoms with Gasteiger partial charge in [0, 0.05) is 18.3 Å². The normalized spacial score (nSPS) is 10.5. The number of halogens is 1. The van der Waals surface area contributed by atoms with Crippen molar-refractivity contribution in [1.82, 2.24) is 15.1 Å². The van der Waals surface area contributed by atoms with Crippen molar-refractivity contribution in [2.75, 3.05) is 6.54 Å². The molecule has 0 fully saturated rings. The second kappa shape index (κ2) is 7.79. The minimum absolute atomic E-state index is 0.0559. The van der Waals surface area contributed by atoms with Gasteiger partial charge in [0.25, 0.3) is 5.91 Å². The molecule has 2 aromatic carbocycles. The molecular weight excluding hydrogens is 322 g/mol. The Hall–Kier alpha value is -2.59. The Morgan fingerprint density at radius 2 is 1.79 bits per heavy atom. The highest BCUT2D eigenvalue weighted by Gasteiger charge is 2.05. The lowest BCUT2D eigenvalue weighted by Gasteiger charge is -2.07. The highest BCUT2D eigenvalue weighted by Crippen LogP contribution is 2.09. The third-order valence-corrected chi connectivity index (χ3v) is 3.90. The van der Waals surface area contributed by atoms with Crippen LogP contribution in [0.3, 0.4) is 0 Å². The van der Waals surface area contributed by atoms with E-state index in [4.69, 9.17) is 11.6 Å². The summed E-state index contributed by atoms with van der Waals surface area (Å²) < 4.78 is 1.76. The van der Waals surface area contributed by atoms with Crippen LogP contribution in [0, 0.1) is 0 Å². The van der Waals surface area contributed by atoms with Gasteiger partial charge in [-0.1, -0.05) is 54.1 Å². The van der Waals surface area contributed by atoms with Crippen LogP contribution in [0.2, 0.25) is 5.02 Å². The Labute approximate surface area is 146 Å². The number of nitrogens with zero attached hydrogens (tertiary/aromatic N) is 2. The maximum Gasteiger partial charge on any atom is 0.251 e. The number of nitrogens with one attached hydrogen (secondary N) is 1. The van der Waals surface area contributed by atoms with E-state index in [0.717, 1.165) is 12.0 Å². The first kappa shape index (κ1) is 16.3. The van der Waals surface area contributed by atoms with Crippen molar-refractivity contribution in [1.29, 1.82) is 0 Å². The van der Waals surface area contributed by atoms with E-state index in [0.29, 0.717) is 23.7 Å². The summed E-state index contributed by atoms with van der Waals surface area (Å²) in [7, 11) is 0. The quantitative estimate of drug-likeness (QED) is 0.746. The van der Waals surface area contributed by atoms with Gasteiger partial charge in [0.2, 0.25) is 0 Å². The molecule has 0 spiro atoms. The lowest BCUT2D eigenvalue weighted by molar-refractivity contribution is 0.0954. The number of amides is 1. The summed E-state index contributed by atoms with van der Waals surface area (Å²) in [4.78, 5) is 12.2. The molecule has 3 aromatic rings. The van der Waals surface area contributed by atoms with Gasteiger partial charge in [0.05, 0.1) is 17.8 Å². The predicted octanol–water partition coefficient (Wildman–Crippen LogP) is 3.56. The monoisotopic (exact) mass is 339 g/mol. The number of hydrogen-bond acceptors (Lipinski definition) is 2. The third kappa shape index (κ3) is 4.46. The molecule has 0 aliphatic carbocycles. The number of benzene rings is 2. The summed E-state index contributed by atoms with van der Waals surface area (Å²) in [5.41, 5.74) is 2.94. The number of rotatable bonds is 6. The van der Waals surface area contributed by atoms with E-state index in [1.807, 2.05) is 42.5 Å². The molecule has 1 N–H and O–H groups in total. The van der Waals surface area contributed by atoms with Crippen LogP contribution in [0.1, 0.15) is 21.5 Å². The van der Waals surface area contributed by atoms with Crippen molar-refractivity contribution in [3.05, 3.63) is 88.7 Å². The average molecular weight is 340 g/mol. The maximum atomic E-state index is 12.2. The second-order valence-electron chi connectivity index (χ2n) is 5.54. The van der Waals surface area contributed by atoms with E-state index in [-0.39, 0.29) is 5.91 Å². The second-order valence-corrected chi connectivity index (χ2v) is 5.98. The van der Waals surface area contributed by atoms with Crippen LogP contribution in [0.4, 0.5) is 0 Å². The largest absolute Gasteiger partial charge is 0.352 e. The van der Waals surface area contributed by atoms with Crippen LogP contribution in [-0.2, 0) is 13.0 Å². The highest BCUT2D eigenvalue weighted by atomic mass is 35.5. The summed E-state index contributed by atoms with van der Waals surface area (Å²) in [5, 5.41) is 7.70. The average Bonchev–Trinajstić information content (AvgIpc) is 3.01. The SMILES string of the molecule is O=C(NCCc1ccccc1)c1ccc(Cn2cc(Cl)cn2)cc1. The van der Waals surface area contributed by atoms with E-state index in [2.05, 4.69) is 22.5 Å². The molecule has 0 atom stereocenters. The molecule has 122 valence electrons. The fourth-order valence-electron chi connectivity index (χ4n) is 2.44. The zero-order valence-corrected chi connectivity index (χ0v) is 13.9. The van der Waals surface area contributed by atoms with E-state index in [1.165, 1.54) is 5.56 Å². The van der Waals surface area contributed by atoms with Crippen molar-refractivity contribution in [3.63, 3.8) is 0 Å². The molecule has 1 heterocycles. The van der Waals surface area contributed by atoms with E-state index < -0.39 is 0 Å². The first-order chi connectivity index (χ1) is 11.7. The van der Waals surface area contributed by atoms with Crippen LogP contribution in [0.5, 0.6) is 0 Å². The Bertz CT molecular complexity index is 797. The smallest absolute Gasteiger partial charge is 0.251 e. The molecule has 24 heavy (non-hydrogen) atoms. The molecule has 0 aliphatic heterocycles. The molecule has 3 rings (SSSR count). The van der Waals surface area contributed by atoms with Gasteiger partial charge in [-0.25, -0.2) is 0 Å². The van der Waals surface area contributed by atoms with E-state index in [9.17, 15) is 4.79 Å². The van der Waals surface area contributed by atoms with Crippen molar-refractivity contribution >= 4 is 17.5 Å². The summed E-state index contributed by atoms with van der Waals surface area (Å²) in [5.74, 6) is -0.0559. The Morgan fingerprint density at radius 1 is 1.04 bits per heavy atom. The van der Waals surface area contributed by atoms with Gasteiger partial charge in [-0.05, 0) is 29.7 Å². The van der Waals surface area contributed by atoms with Gasteiger partial charge in [0.15, 0.2) is 0 Å². The van der Waals surface area contributed by atoms with Crippen molar-refractivity contribution in [2.45, 2.75) is 13.0 Å². The molecule has 1 amide bonds. The van der Waals surface area contributed by atoms with Crippen LogP contribution < -0.4 is 5.32 Å². The predicted molar refractivity (Wildman–Crippen MR) is 95.3 cm³/mol. The molecule has 0 saturated carbocycles. The number of aromatic nitrogens is 2. The molecule has 5 heteroatoms. The van der Waals surface area contributed by atoms with Crippen molar-refractivity contribution in [2.24, 2.45) is 0 Å². The number of carbonyl (C=O) groups excluding carboxylic acids is 1. The lowest BCUT2D eigenvalue weighted by atomic mass is 10.1. The van der Waals surface area contributed by atoms with Gasteiger partial charge in [-0.2, -0.15) is 5.10 Å². The molecule has 4 nitrogen and oxygen atoms in total. The van der Waals surface area contributed by atoms with Gasteiger partial charge in [0.1, 0.15) is 0 Å². The van der Waals surface area contributed by atoms with Gasteiger partial charge in [-0.3, -0.25) is 9.48 Å². The fourth-order valence-corrected chi connectivity index (χ4v) is 2.60. The Balaban J connectivity index is 1.52. The molecule has 1 aromatic heterocycles. The van der Waals surface area contributed by atoms with Gasteiger partial charge in [-0.15, -0.1) is 0 Å². The van der Waals surface area contributed by atoms with Gasteiger partial charge < -0.3 is 5.32 Å². The van der Waals surface area contributed by atoms with Crippen LogP contribution in [0.15, 0.2) is 67.0 Å². The number of carbonyl (C=O) groups is 1. The highest BCUT2D eigenvalue weighted by molar-refractivity contribution is 6.30. The van der Waals surface area contributed by atoms with Crippen molar-refractivity contribution in [3.8, 4) is 0 Å².